The van der Waals surface area contributed by atoms with Gasteiger partial charge in [0.05, 0.1) is 7.11 Å². The number of esters is 1. The van der Waals surface area contributed by atoms with Gasteiger partial charge in [-0.05, 0) is 48.8 Å². The van der Waals surface area contributed by atoms with Gasteiger partial charge in [-0.1, -0.05) is 37.3 Å². The molecule has 0 aliphatic heterocycles. The predicted octanol–water partition coefficient (Wildman–Crippen LogP) is 4.30. The van der Waals surface area contributed by atoms with Crippen LogP contribution in [0, 0.1) is 5.41 Å². The summed E-state index contributed by atoms with van der Waals surface area (Å²) in [6.45, 7) is 2.67. The highest BCUT2D eigenvalue weighted by molar-refractivity contribution is 5.74. The lowest BCUT2D eigenvalue weighted by Gasteiger charge is -2.28. The molecule has 1 aromatic carbocycles. The summed E-state index contributed by atoms with van der Waals surface area (Å²) in [4.78, 5) is 27.2. The molecule has 27 heavy (non-hydrogen) atoms. The maximum Gasteiger partial charge on any atom is 0.305 e. The minimum atomic E-state index is -0.827. The average Bonchev–Trinajstić information content (AvgIpc) is 3.09. The molecule has 0 spiro atoms. The predicted molar refractivity (Wildman–Crippen MR) is 107 cm³/mol. The van der Waals surface area contributed by atoms with Crippen LogP contribution in [0.1, 0.15) is 56.6 Å². The number of allylic oxidation sites excluding steroid dienone is 1. The third-order valence-corrected chi connectivity index (χ3v) is 5.40. The zero-order valence-corrected chi connectivity index (χ0v) is 16.2. The van der Waals surface area contributed by atoms with Crippen molar-refractivity contribution in [1.82, 2.24) is 0 Å². The van der Waals surface area contributed by atoms with Gasteiger partial charge in [0.1, 0.15) is 0 Å². The van der Waals surface area contributed by atoms with Crippen molar-refractivity contribution in [1.29, 1.82) is 0 Å². The number of carboxylic acid groups (broad SMARTS) is 1. The molecule has 1 aromatic rings. The Labute approximate surface area is 161 Å². The second-order valence-electron chi connectivity index (χ2n) is 7.06. The van der Waals surface area contributed by atoms with E-state index in [9.17, 15) is 9.59 Å². The van der Waals surface area contributed by atoms with E-state index in [1.54, 1.807) is 0 Å². The van der Waals surface area contributed by atoms with E-state index in [4.69, 9.17) is 9.84 Å². The van der Waals surface area contributed by atoms with Crippen LogP contribution in [-0.2, 0) is 20.7 Å². The normalized spacial score (nSPS) is 15.3. The fraction of sp³-hybridized carbons (Fsp3) is 0.500. The molecule has 0 fully saturated rings. The van der Waals surface area contributed by atoms with Crippen molar-refractivity contribution >= 4 is 23.7 Å². The third kappa shape index (κ3) is 6.05. The standard InChI is InChI=1S/C22H29NO4/c1-3-22(13-10-20(24)25,14-11-21(26)27-2)16-23-15-12-18-9-8-17-6-4-5-7-19(17)18/h4-7,9,16H,3,8,10-15H2,1-2H3,(H,24,25). The smallest absolute Gasteiger partial charge is 0.305 e. The molecule has 0 saturated carbocycles. The second-order valence-corrected chi connectivity index (χ2v) is 7.06. The number of rotatable bonds is 11. The molecular weight excluding hydrogens is 342 g/mol. The Hall–Kier alpha value is -2.43. The minimum Gasteiger partial charge on any atom is -0.481 e. The maximum atomic E-state index is 11.5. The number of hydrogen-bond donors (Lipinski definition) is 1. The fourth-order valence-electron chi connectivity index (χ4n) is 3.54. The summed E-state index contributed by atoms with van der Waals surface area (Å²) in [6, 6.07) is 8.43. The molecule has 5 heteroatoms. The van der Waals surface area contributed by atoms with E-state index in [1.807, 2.05) is 13.1 Å². The molecule has 1 atom stereocenters. The molecule has 0 heterocycles. The second kappa shape index (κ2) is 10.0. The maximum absolute atomic E-state index is 11.5. The van der Waals surface area contributed by atoms with E-state index in [0.717, 1.165) is 19.3 Å². The van der Waals surface area contributed by atoms with Crippen molar-refractivity contribution in [2.75, 3.05) is 13.7 Å². The zero-order valence-electron chi connectivity index (χ0n) is 16.2. The molecule has 0 radical (unpaired) electrons. The number of nitrogens with zero attached hydrogens (tertiary/aromatic N) is 1. The van der Waals surface area contributed by atoms with Gasteiger partial charge in [0, 0.05) is 31.0 Å². The molecule has 0 amide bonds. The van der Waals surface area contributed by atoms with Gasteiger partial charge in [0.25, 0.3) is 0 Å². The van der Waals surface area contributed by atoms with Crippen molar-refractivity contribution < 1.29 is 19.4 Å². The largest absolute Gasteiger partial charge is 0.481 e. The van der Waals surface area contributed by atoms with Gasteiger partial charge in [0.15, 0.2) is 0 Å². The number of hydrogen-bond acceptors (Lipinski definition) is 4. The summed E-state index contributed by atoms with van der Waals surface area (Å²) in [5, 5.41) is 9.06. The quantitative estimate of drug-likeness (QED) is 0.465. The molecule has 1 aliphatic carbocycles. The first-order valence-corrected chi connectivity index (χ1v) is 9.56. The summed E-state index contributed by atoms with van der Waals surface area (Å²) >= 11 is 0. The van der Waals surface area contributed by atoms with Crippen LogP contribution < -0.4 is 0 Å². The number of carboxylic acids is 1. The first-order valence-electron chi connectivity index (χ1n) is 9.56. The van der Waals surface area contributed by atoms with Crippen LogP contribution in [0.4, 0.5) is 0 Å². The lowest BCUT2D eigenvalue weighted by Crippen LogP contribution is -2.25. The number of carbonyl (C=O) groups excluding carboxylic acids is 1. The van der Waals surface area contributed by atoms with Crippen LogP contribution in [0.3, 0.4) is 0 Å². The van der Waals surface area contributed by atoms with Crippen molar-refractivity contribution in [3.63, 3.8) is 0 Å². The molecule has 0 aromatic heterocycles. The van der Waals surface area contributed by atoms with Gasteiger partial charge in [-0.15, -0.1) is 0 Å². The van der Waals surface area contributed by atoms with Crippen LogP contribution in [-0.4, -0.2) is 36.9 Å². The summed E-state index contributed by atoms with van der Waals surface area (Å²) in [7, 11) is 1.37. The summed E-state index contributed by atoms with van der Waals surface area (Å²) in [5.41, 5.74) is 3.61. The number of fused-ring (bicyclic) bond motifs is 1. The molecule has 1 unspecified atom stereocenters. The summed E-state index contributed by atoms with van der Waals surface area (Å²) < 4.78 is 4.73. The van der Waals surface area contributed by atoms with Gasteiger partial charge in [-0.3, -0.25) is 14.6 Å². The highest BCUT2D eigenvalue weighted by atomic mass is 16.5. The van der Waals surface area contributed by atoms with Crippen LogP contribution >= 0.6 is 0 Å². The van der Waals surface area contributed by atoms with E-state index in [0.29, 0.717) is 19.4 Å². The highest BCUT2D eigenvalue weighted by Crippen LogP contribution is 2.33. The van der Waals surface area contributed by atoms with E-state index >= 15 is 0 Å². The minimum absolute atomic E-state index is 0.0690. The van der Waals surface area contributed by atoms with Crippen LogP contribution in [0.25, 0.3) is 5.57 Å². The number of ether oxygens (including phenoxy) is 1. The van der Waals surface area contributed by atoms with Crippen LogP contribution in [0.5, 0.6) is 0 Å². The number of methoxy groups -OCH3 is 1. The average molecular weight is 371 g/mol. The van der Waals surface area contributed by atoms with E-state index in [-0.39, 0.29) is 24.2 Å². The van der Waals surface area contributed by atoms with Crippen molar-refractivity contribution in [3.05, 3.63) is 41.5 Å². The van der Waals surface area contributed by atoms with Crippen LogP contribution in [0.15, 0.2) is 35.3 Å². The Morgan fingerprint density at radius 2 is 2.00 bits per heavy atom. The Bertz CT molecular complexity index is 723. The third-order valence-electron chi connectivity index (χ3n) is 5.40. The molecule has 1 N–H and O–H groups in total. The van der Waals surface area contributed by atoms with Gasteiger partial charge >= 0.3 is 11.9 Å². The lowest BCUT2D eigenvalue weighted by molar-refractivity contribution is -0.141. The van der Waals surface area contributed by atoms with Crippen LogP contribution in [0.2, 0.25) is 0 Å². The number of aliphatic carboxylic acids is 1. The topological polar surface area (TPSA) is 76.0 Å². The van der Waals surface area contributed by atoms with Gasteiger partial charge in [-0.2, -0.15) is 0 Å². The SMILES string of the molecule is CCC(C=NCCC1=CCc2ccccc21)(CCC(=O)O)CCC(=O)OC. The van der Waals surface area contributed by atoms with Gasteiger partial charge in [-0.25, -0.2) is 0 Å². The molecule has 146 valence electrons. The highest BCUT2D eigenvalue weighted by Gasteiger charge is 2.28. The van der Waals surface area contributed by atoms with Gasteiger partial charge < -0.3 is 9.84 Å². The Kier molecular flexibility index (Phi) is 7.77. The van der Waals surface area contributed by atoms with Crippen molar-refractivity contribution in [2.45, 2.75) is 51.9 Å². The molecule has 5 nitrogen and oxygen atoms in total. The molecule has 0 saturated heterocycles. The van der Waals surface area contributed by atoms with Crippen molar-refractivity contribution in [2.24, 2.45) is 10.4 Å². The number of aliphatic imine (C=N–C) groups is 1. The summed E-state index contributed by atoms with van der Waals surface area (Å²) in [6.07, 6.45) is 8.11. The van der Waals surface area contributed by atoms with E-state index in [2.05, 4.69) is 35.3 Å². The lowest BCUT2D eigenvalue weighted by atomic mass is 9.77. The molecule has 1 aliphatic rings. The van der Waals surface area contributed by atoms with Crippen molar-refractivity contribution in [3.8, 4) is 0 Å². The fourth-order valence-corrected chi connectivity index (χ4v) is 3.54. The molecule has 0 bridgehead atoms. The molecular formula is C22H29NO4. The Balaban J connectivity index is 1.98. The van der Waals surface area contributed by atoms with E-state index < -0.39 is 5.97 Å². The Morgan fingerprint density at radius 1 is 1.26 bits per heavy atom. The first kappa shape index (κ1) is 20.9. The van der Waals surface area contributed by atoms with Gasteiger partial charge in [0.2, 0.25) is 0 Å². The first-order chi connectivity index (χ1) is 13.0. The van der Waals surface area contributed by atoms with E-state index in [1.165, 1.54) is 23.8 Å². The monoisotopic (exact) mass is 371 g/mol. The number of benzene rings is 1. The number of carbonyl (C=O) groups is 2. The zero-order chi connectivity index (χ0) is 19.7. The Morgan fingerprint density at radius 3 is 2.70 bits per heavy atom. The summed E-state index contributed by atoms with van der Waals surface area (Å²) in [5.74, 6) is -1.10. The molecule has 2 rings (SSSR count).